The largest absolute Gasteiger partial charge is 0.344 e. The molecule has 4 rings (SSSR count). The van der Waals surface area contributed by atoms with Crippen LogP contribution in [0.1, 0.15) is 35.8 Å². The van der Waals surface area contributed by atoms with E-state index in [-0.39, 0.29) is 11.9 Å². The molecule has 1 aliphatic rings. The topological polar surface area (TPSA) is 85.8 Å². The summed E-state index contributed by atoms with van der Waals surface area (Å²) in [6, 6.07) is 7.59. The van der Waals surface area contributed by atoms with E-state index in [9.17, 15) is 4.79 Å². The van der Waals surface area contributed by atoms with E-state index in [1.807, 2.05) is 48.9 Å². The number of carbonyl (C=O) groups is 1. The van der Waals surface area contributed by atoms with Gasteiger partial charge in [0, 0.05) is 35.6 Å². The SMILES string of the molecule is CC.NCC1NC(=O)c2ccc(-n3ccc4cncnc43)cc21. The number of benzene rings is 1. The zero-order chi connectivity index (χ0) is 16.4. The minimum Gasteiger partial charge on any atom is -0.344 e. The minimum atomic E-state index is -0.121. The number of carbonyl (C=O) groups excluding carboxylic acids is 1. The molecule has 0 radical (unpaired) electrons. The third kappa shape index (κ3) is 2.47. The lowest BCUT2D eigenvalue weighted by atomic mass is 10.0. The molecule has 3 heterocycles. The molecule has 3 N–H and O–H groups in total. The van der Waals surface area contributed by atoms with Crippen LogP contribution >= 0.6 is 0 Å². The predicted octanol–water partition coefficient (Wildman–Crippen LogP) is 2.19. The molecular formula is C17H19N5O. The van der Waals surface area contributed by atoms with Crippen molar-refractivity contribution in [2.24, 2.45) is 5.73 Å². The van der Waals surface area contributed by atoms with E-state index in [0.29, 0.717) is 12.1 Å². The van der Waals surface area contributed by atoms with Gasteiger partial charge in [-0.25, -0.2) is 9.97 Å². The maximum Gasteiger partial charge on any atom is 0.252 e. The summed E-state index contributed by atoms with van der Waals surface area (Å²) < 4.78 is 1.98. The first kappa shape index (κ1) is 15.2. The molecule has 1 aromatic carbocycles. The number of nitrogens with zero attached hydrogens (tertiary/aromatic N) is 3. The van der Waals surface area contributed by atoms with Crippen LogP contribution in [0.15, 0.2) is 43.0 Å². The Hall–Kier alpha value is -2.73. The first-order valence-corrected chi connectivity index (χ1v) is 7.70. The second-order valence-corrected chi connectivity index (χ2v) is 5.02. The van der Waals surface area contributed by atoms with E-state index >= 15 is 0 Å². The van der Waals surface area contributed by atoms with Gasteiger partial charge in [-0.3, -0.25) is 4.79 Å². The maximum atomic E-state index is 11.9. The number of hydrogen-bond donors (Lipinski definition) is 2. The Kier molecular flexibility index (Phi) is 4.08. The summed E-state index contributed by atoms with van der Waals surface area (Å²) in [4.78, 5) is 20.2. The molecule has 0 saturated heterocycles. The van der Waals surface area contributed by atoms with Crippen LogP contribution in [-0.2, 0) is 0 Å². The molecular weight excluding hydrogens is 290 g/mol. The smallest absolute Gasteiger partial charge is 0.252 e. The Morgan fingerprint density at radius 2 is 2.13 bits per heavy atom. The van der Waals surface area contributed by atoms with Gasteiger partial charge in [0.2, 0.25) is 0 Å². The molecule has 23 heavy (non-hydrogen) atoms. The van der Waals surface area contributed by atoms with Crippen molar-refractivity contribution in [1.29, 1.82) is 0 Å². The summed E-state index contributed by atoms with van der Waals surface area (Å²) in [6.45, 7) is 4.39. The highest BCUT2D eigenvalue weighted by Crippen LogP contribution is 2.28. The Morgan fingerprint density at radius 1 is 1.30 bits per heavy atom. The van der Waals surface area contributed by atoms with Gasteiger partial charge in [0.15, 0.2) is 0 Å². The Labute approximate surface area is 134 Å². The van der Waals surface area contributed by atoms with Gasteiger partial charge in [0.25, 0.3) is 5.91 Å². The lowest BCUT2D eigenvalue weighted by Crippen LogP contribution is -2.25. The number of aromatic nitrogens is 3. The van der Waals surface area contributed by atoms with Crippen molar-refractivity contribution in [2.45, 2.75) is 19.9 Å². The zero-order valence-corrected chi connectivity index (χ0v) is 13.2. The molecule has 0 fully saturated rings. The standard InChI is InChI=1S/C15H13N5O.C2H6/c16-6-13-12-5-10(1-2-11(12)15(21)19-13)20-4-3-9-7-17-8-18-14(9)20;1-2/h1-5,7-8,13H,6,16H2,(H,19,21);1-2H3. The zero-order valence-electron chi connectivity index (χ0n) is 13.2. The van der Waals surface area contributed by atoms with Crippen molar-refractivity contribution in [2.75, 3.05) is 6.54 Å². The summed E-state index contributed by atoms with van der Waals surface area (Å²) in [7, 11) is 0. The van der Waals surface area contributed by atoms with Crippen LogP contribution in [0.4, 0.5) is 0 Å². The monoisotopic (exact) mass is 309 g/mol. The van der Waals surface area contributed by atoms with Crippen LogP contribution < -0.4 is 11.1 Å². The van der Waals surface area contributed by atoms with Crippen LogP contribution in [0, 0.1) is 0 Å². The summed E-state index contributed by atoms with van der Waals surface area (Å²) in [5.74, 6) is -0.0633. The Morgan fingerprint density at radius 3 is 2.91 bits per heavy atom. The van der Waals surface area contributed by atoms with E-state index in [2.05, 4.69) is 15.3 Å². The van der Waals surface area contributed by atoms with Crippen molar-refractivity contribution in [3.05, 3.63) is 54.1 Å². The Balaban J connectivity index is 0.000000753. The number of rotatable bonds is 2. The molecule has 1 aliphatic heterocycles. The van der Waals surface area contributed by atoms with E-state index in [1.54, 1.807) is 6.20 Å². The van der Waals surface area contributed by atoms with Gasteiger partial charge in [-0.05, 0) is 29.8 Å². The number of nitrogens with two attached hydrogens (primary N) is 1. The molecule has 118 valence electrons. The molecule has 0 spiro atoms. The van der Waals surface area contributed by atoms with Crippen LogP contribution in [0.5, 0.6) is 0 Å². The van der Waals surface area contributed by atoms with Gasteiger partial charge in [0.1, 0.15) is 12.0 Å². The second kappa shape index (κ2) is 6.18. The highest BCUT2D eigenvalue weighted by molar-refractivity contribution is 5.99. The molecule has 0 aliphatic carbocycles. The van der Waals surface area contributed by atoms with Crippen LogP contribution in [0.25, 0.3) is 16.7 Å². The van der Waals surface area contributed by atoms with E-state index < -0.39 is 0 Å². The quantitative estimate of drug-likeness (QED) is 0.760. The van der Waals surface area contributed by atoms with Crippen molar-refractivity contribution < 1.29 is 4.79 Å². The van der Waals surface area contributed by atoms with Crippen LogP contribution in [-0.4, -0.2) is 27.0 Å². The fraction of sp³-hybridized carbons (Fsp3) is 0.235. The summed E-state index contributed by atoms with van der Waals surface area (Å²) >= 11 is 0. The maximum absolute atomic E-state index is 11.9. The fourth-order valence-electron chi connectivity index (χ4n) is 2.78. The highest BCUT2D eigenvalue weighted by Gasteiger charge is 2.27. The normalized spacial score (nSPS) is 15.8. The van der Waals surface area contributed by atoms with Gasteiger partial charge in [0.05, 0.1) is 6.04 Å². The van der Waals surface area contributed by atoms with Crippen molar-refractivity contribution in [3.63, 3.8) is 0 Å². The molecule has 1 amide bonds. The molecule has 1 unspecified atom stereocenters. The second-order valence-electron chi connectivity index (χ2n) is 5.02. The van der Waals surface area contributed by atoms with Crippen molar-refractivity contribution >= 4 is 16.9 Å². The van der Waals surface area contributed by atoms with Crippen molar-refractivity contribution in [1.82, 2.24) is 19.9 Å². The van der Waals surface area contributed by atoms with Crippen LogP contribution in [0.3, 0.4) is 0 Å². The van der Waals surface area contributed by atoms with Gasteiger partial charge < -0.3 is 15.6 Å². The average molecular weight is 309 g/mol. The summed E-state index contributed by atoms with van der Waals surface area (Å²) in [5.41, 5.74) is 9.16. The fourth-order valence-corrected chi connectivity index (χ4v) is 2.78. The van der Waals surface area contributed by atoms with Gasteiger partial charge in [-0.15, -0.1) is 0 Å². The van der Waals surface area contributed by atoms with E-state index in [1.165, 1.54) is 6.33 Å². The lowest BCUT2D eigenvalue weighted by Gasteiger charge is -2.10. The third-order valence-corrected chi connectivity index (χ3v) is 3.82. The van der Waals surface area contributed by atoms with E-state index in [4.69, 9.17) is 5.73 Å². The lowest BCUT2D eigenvalue weighted by molar-refractivity contribution is 0.0957. The predicted molar refractivity (Wildman–Crippen MR) is 89.5 cm³/mol. The summed E-state index contributed by atoms with van der Waals surface area (Å²) in [6.07, 6.45) is 5.25. The van der Waals surface area contributed by atoms with E-state index in [0.717, 1.165) is 22.3 Å². The highest BCUT2D eigenvalue weighted by atomic mass is 16.2. The van der Waals surface area contributed by atoms with Gasteiger partial charge in [-0.1, -0.05) is 13.8 Å². The van der Waals surface area contributed by atoms with Gasteiger partial charge >= 0.3 is 0 Å². The molecule has 1 atom stereocenters. The molecule has 2 aromatic heterocycles. The third-order valence-electron chi connectivity index (χ3n) is 3.82. The number of nitrogens with one attached hydrogen (secondary N) is 1. The summed E-state index contributed by atoms with van der Waals surface area (Å²) in [5, 5.41) is 3.85. The van der Waals surface area contributed by atoms with Gasteiger partial charge in [-0.2, -0.15) is 0 Å². The minimum absolute atomic E-state index is 0.0633. The molecule has 0 saturated carbocycles. The molecule has 6 nitrogen and oxygen atoms in total. The average Bonchev–Trinajstić information content (AvgIpc) is 3.17. The Bertz CT molecular complexity index is 855. The number of hydrogen-bond acceptors (Lipinski definition) is 4. The number of fused-ring (bicyclic) bond motifs is 2. The van der Waals surface area contributed by atoms with Crippen molar-refractivity contribution in [3.8, 4) is 5.69 Å². The first-order chi connectivity index (χ1) is 11.3. The molecule has 0 bridgehead atoms. The number of amides is 1. The first-order valence-electron chi connectivity index (χ1n) is 7.70. The van der Waals surface area contributed by atoms with Crippen LogP contribution in [0.2, 0.25) is 0 Å². The molecule has 3 aromatic rings. The molecule has 6 heteroatoms.